The lowest BCUT2D eigenvalue weighted by molar-refractivity contribution is 0.987. The van der Waals surface area contributed by atoms with Gasteiger partial charge >= 0.3 is 0 Å². The Hall–Kier alpha value is -5.10. The average Bonchev–Trinajstić information content (AvgIpc) is 3.45. The van der Waals surface area contributed by atoms with E-state index in [9.17, 15) is 0 Å². The molecule has 2 aromatic carbocycles. The zero-order chi connectivity index (χ0) is 24.6. The molecular formula is C31H22N6. The molecule has 0 saturated heterocycles. The molecule has 0 fully saturated rings. The zero-order valence-electron chi connectivity index (χ0n) is 19.9. The van der Waals surface area contributed by atoms with Crippen LogP contribution in [0.25, 0.3) is 57.3 Å². The first-order valence-electron chi connectivity index (χ1n) is 12.2. The van der Waals surface area contributed by atoms with Crippen molar-refractivity contribution >= 4 is 23.1 Å². The van der Waals surface area contributed by atoms with Crippen molar-refractivity contribution in [3.63, 3.8) is 0 Å². The van der Waals surface area contributed by atoms with Gasteiger partial charge in [0.25, 0.3) is 0 Å². The Bertz CT molecular complexity index is 1720. The van der Waals surface area contributed by atoms with E-state index in [0.717, 1.165) is 46.1 Å². The fraction of sp³-hybridized carbons (Fsp3) is 0.0323. The Morgan fingerprint density at radius 2 is 1.43 bits per heavy atom. The second kappa shape index (κ2) is 8.84. The lowest BCUT2D eigenvalue weighted by atomic mass is 10.1. The van der Waals surface area contributed by atoms with Crippen LogP contribution in [0.5, 0.6) is 0 Å². The monoisotopic (exact) mass is 478 g/mol. The number of benzene rings is 2. The fourth-order valence-electron chi connectivity index (χ4n) is 4.95. The van der Waals surface area contributed by atoms with Crippen molar-refractivity contribution in [3.8, 4) is 34.3 Å². The van der Waals surface area contributed by atoms with Gasteiger partial charge in [-0.2, -0.15) is 0 Å². The smallest absolute Gasteiger partial charge is 0.171 e. The first-order chi connectivity index (χ1) is 18.4. The maximum atomic E-state index is 4.93. The summed E-state index contributed by atoms with van der Waals surface area (Å²) in [6, 6.07) is 26.6. The van der Waals surface area contributed by atoms with Gasteiger partial charge in [-0.25, -0.2) is 4.98 Å². The molecule has 0 bridgehead atoms. The van der Waals surface area contributed by atoms with Crippen LogP contribution in [0.2, 0.25) is 0 Å². The quantitative estimate of drug-likeness (QED) is 0.281. The highest BCUT2D eigenvalue weighted by Crippen LogP contribution is 2.33. The maximum absolute atomic E-state index is 4.93. The van der Waals surface area contributed by atoms with E-state index in [-0.39, 0.29) is 0 Å². The Kier molecular flexibility index (Phi) is 5.07. The van der Waals surface area contributed by atoms with Gasteiger partial charge in [0.05, 0.1) is 23.1 Å². The van der Waals surface area contributed by atoms with Gasteiger partial charge in [-0.05, 0) is 42.8 Å². The summed E-state index contributed by atoms with van der Waals surface area (Å²) in [5, 5.41) is 10.3. The van der Waals surface area contributed by atoms with E-state index in [2.05, 4.69) is 74.4 Å². The SMILES string of the molecule is C1=Cc2c(n(-c3ccc(-n4c(-c5ccccc5)nnc4-c4cccnc4)nc3)c3ccccc23)C=CC1. The van der Waals surface area contributed by atoms with Crippen LogP contribution in [0.3, 0.4) is 0 Å². The molecule has 176 valence electrons. The molecule has 0 spiro atoms. The average molecular weight is 479 g/mol. The summed E-state index contributed by atoms with van der Waals surface area (Å²) in [6.07, 6.45) is 15.2. The number of allylic oxidation sites excluding steroid dienone is 2. The number of hydrogen-bond acceptors (Lipinski definition) is 4. The van der Waals surface area contributed by atoms with Gasteiger partial charge < -0.3 is 4.57 Å². The molecule has 0 radical (unpaired) electrons. The number of para-hydroxylation sites is 1. The summed E-state index contributed by atoms with van der Waals surface area (Å²) < 4.78 is 4.27. The van der Waals surface area contributed by atoms with Gasteiger partial charge in [-0.15, -0.1) is 10.2 Å². The molecule has 0 atom stereocenters. The Morgan fingerprint density at radius 3 is 2.24 bits per heavy atom. The predicted octanol–water partition coefficient (Wildman–Crippen LogP) is 6.77. The van der Waals surface area contributed by atoms with Gasteiger partial charge in [0.15, 0.2) is 11.6 Å². The molecule has 7 rings (SSSR count). The number of pyridine rings is 2. The molecule has 4 aromatic heterocycles. The van der Waals surface area contributed by atoms with Gasteiger partial charge in [-0.3, -0.25) is 9.55 Å². The molecule has 6 heteroatoms. The summed E-state index contributed by atoms with van der Waals surface area (Å²) in [4.78, 5) is 9.21. The van der Waals surface area contributed by atoms with E-state index >= 15 is 0 Å². The fourth-order valence-corrected chi connectivity index (χ4v) is 4.95. The van der Waals surface area contributed by atoms with Crippen LogP contribution in [0.4, 0.5) is 0 Å². The summed E-state index contributed by atoms with van der Waals surface area (Å²) in [7, 11) is 0. The van der Waals surface area contributed by atoms with E-state index in [0.29, 0.717) is 5.82 Å². The van der Waals surface area contributed by atoms with E-state index in [1.54, 1.807) is 12.4 Å². The van der Waals surface area contributed by atoms with E-state index in [1.165, 1.54) is 10.9 Å². The number of rotatable bonds is 4. The Morgan fingerprint density at radius 1 is 0.649 bits per heavy atom. The van der Waals surface area contributed by atoms with Crippen molar-refractivity contribution < 1.29 is 0 Å². The molecule has 0 N–H and O–H groups in total. The third kappa shape index (κ3) is 3.58. The first-order valence-corrected chi connectivity index (χ1v) is 12.2. The molecule has 0 aliphatic heterocycles. The van der Waals surface area contributed by atoms with Crippen molar-refractivity contribution in [1.29, 1.82) is 0 Å². The van der Waals surface area contributed by atoms with Crippen molar-refractivity contribution in [2.75, 3.05) is 0 Å². The second-order valence-electron chi connectivity index (χ2n) is 8.86. The van der Waals surface area contributed by atoms with Crippen LogP contribution in [0.15, 0.2) is 110 Å². The predicted molar refractivity (Wildman–Crippen MR) is 147 cm³/mol. The minimum Gasteiger partial charge on any atom is -0.308 e. The highest BCUT2D eigenvalue weighted by atomic mass is 15.3. The van der Waals surface area contributed by atoms with Crippen LogP contribution >= 0.6 is 0 Å². The zero-order valence-corrected chi connectivity index (χ0v) is 19.9. The lowest BCUT2D eigenvalue weighted by Gasteiger charge is -2.12. The maximum Gasteiger partial charge on any atom is 0.171 e. The molecule has 1 aliphatic rings. The molecule has 1 aliphatic carbocycles. The van der Waals surface area contributed by atoms with E-state index in [1.807, 2.05) is 59.3 Å². The van der Waals surface area contributed by atoms with Crippen LogP contribution in [0.1, 0.15) is 17.7 Å². The Balaban J connectivity index is 1.40. The van der Waals surface area contributed by atoms with Gasteiger partial charge in [0, 0.05) is 34.5 Å². The third-order valence-corrected chi connectivity index (χ3v) is 6.62. The van der Waals surface area contributed by atoms with Gasteiger partial charge in [0.1, 0.15) is 5.82 Å². The van der Waals surface area contributed by atoms with Crippen LogP contribution in [-0.4, -0.2) is 29.3 Å². The van der Waals surface area contributed by atoms with Crippen LogP contribution in [-0.2, 0) is 0 Å². The normalized spacial score (nSPS) is 12.5. The molecule has 6 aromatic rings. The molecule has 0 saturated carbocycles. The molecule has 4 heterocycles. The van der Waals surface area contributed by atoms with Gasteiger partial charge in [0.2, 0.25) is 0 Å². The molecule has 0 unspecified atom stereocenters. The molecular weight excluding hydrogens is 456 g/mol. The molecule has 37 heavy (non-hydrogen) atoms. The molecule has 0 amide bonds. The standard InChI is InChI=1S/C31H22N6/c1-3-10-22(11-4-1)30-34-35-31(23-12-9-19-32-20-23)37(30)29-18-17-24(21-33-29)36-27-15-6-2-5-13-25(27)26-14-7-8-16-28(26)36/h1,3-21H,2H2. The van der Waals surface area contributed by atoms with E-state index < -0.39 is 0 Å². The van der Waals surface area contributed by atoms with Crippen LogP contribution in [0, 0.1) is 0 Å². The second-order valence-corrected chi connectivity index (χ2v) is 8.86. The summed E-state index contributed by atoms with van der Waals surface area (Å²) in [5.41, 5.74) is 6.39. The van der Waals surface area contributed by atoms with Crippen LogP contribution < -0.4 is 0 Å². The first kappa shape index (κ1) is 21.2. The van der Waals surface area contributed by atoms with Crippen molar-refractivity contribution in [1.82, 2.24) is 29.3 Å². The summed E-state index contributed by atoms with van der Waals surface area (Å²) in [5.74, 6) is 2.16. The number of aromatic nitrogens is 6. The van der Waals surface area contributed by atoms with Crippen molar-refractivity contribution in [3.05, 3.63) is 121 Å². The lowest BCUT2D eigenvalue weighted by Crippen LogP contribution is -2.04. The van der Waals surface area contributed by atoms with Crippen molar-refractivity contribution in [2.45, 2.75) is 6.42 Å². The largest absolute Gasteiger partial charge is 0.308 e. The number of hydrogen-bond donors (Lipinski definition) is 0. The Labute approximate surface area is 213 Å². The topological polar surface area (TPSA) is 61.4 Å². The summed E-state index contributed by atoms with van der Waals surface area (Å²) >= 11 is 0. The third-order valence-electron chi connectivity index (χ3n) is 6.62. The minimum atomic E-state index is 0.695. The summed E-state index contributed by atoms with van der Waals surface area (Å²) in [6.45, 7) is 0. The van der Waals surface area contributed by atoms with Crippen molar-refractivity contribution in [2.24, 2.45) is 0 Å². The number of fused-ring (bicyclic) bond motifs is 3. The number of nitrogens with zero attached hydrogens (tertiary/aromatic N) is 6. The van der Waals surface area contributed by atoms with Gasteiger partial charge in [-0.1, -0.05) is 66.8 Å². The van der Waals surface area contributed by atoms with E-state index in [4.69, 9.17) is 4.98 Å². The minimum absolute atomic E-state index is 0.695. The highest BCUT2D eigenvalue weighted by molar-refractivity contribution is 5.95. The highest BCUT2D eigenvalue weighted by Gasteiger charge is 2.20. The molecule has 6 nitrogen and oxygen atoms in total.